The number of rotatable bonds is 6. The summed E-state index contributed by atoms with van der Waals surface area (Å²) in [5.74, 6) is -2.95. The molecular weight excluding hydrogens is 252 g/mol. The number of benzene rings is 1. The predicted octanol–water partition coefficient (Wildman–Crippen LogP) is 2.58. The Hall–Kier alpha value is -1.49. The smallest absolute Gasteiger partial charge is 0.311 e. The fraction of sp³-hybridized carbons (Fsp3) is 0.500. The lowest BCUT2D eigenvalue weighted by Crippen LogP contribution is -2.42. The van der Waals surface area contributed by atoms with Gasteiger partial charge >= 0.3 is 5.97 Å². The average Bonchev–Trinajstić information content (AvgIpc) is 2.33. The minimum Gasteiger partial charge on any atom is -0.481 e. The maximum absolute atomic E-state index is 13.7. The van der Waals surface area contributed by atoms with Crippen molar-refractivity contribution in [1.29, 1.82) is 0 Å². The third kappa shape index (κ3) is 3.50. The molecule has 0 aromatic heterocycles. The van der Waals surface area contributed by atoms with Crippen molar-refractivity contribution in [3.8, 4) is 0 Å². The van der Waals surface area contributed by atoms with Gasteiger partial charge in [0.25, 0.3) is 0 Å². The molecule has 3 N–H and O–H groups in total. The monoisotopic (exact) mass is 271 g/mol. The predicted molar refractivity (Wildman–Crippen MR) is 68.6 cm³/mol. The van der Waals surface area contributed by atoms with Gasteiger partial charge in [0, 0.05) is 6.54 Å². The Balaban J connectivity index is 3.13. The molecule has 0 saturated heterocycles. The number of nitrogens with two attached hydrogens (primary N) is 1. The second kappa shape index (κ2) is 6.10. The largest absolute Gasteiger partial charge is 0.481 e. The summed E-state index contributed by atoms with van der Waals surface area (Å²) in [5, 5.41) is 9.40. The van der Waals surface area contributed by atoms with Gasteiger partial charge in [-0.3, -0.25) is 4.79 Å². The highest BCUT2D eigenvalue weighted by atomic mass is 19.2. The maximum Gasteiger partial charge on any atom is 0.311 e. The second-order valence-corrected chi connectivity index (χ2v) is 5.28. The first-order valence-electron chi connectivity index (χ1n) is 6.19. The average molecular weight is 271 g/mol. The molecule has 0 aliphatic carbocycles. The van der Waals surface area contributed by atoms with Gasteiger partial charge in [0.2, 0.25) is 0 Å². The van der Waals surface area contributed by atoms with E-state index in [2.05, 4.69) is 0 Å². The molecule has 0 bridgehead atoms. The summed E-state index contributed by atoms with van der Waals surface area (Å²) in [6, 6.07) is 3.77. The molecule has 0 radical (unpaired) electrons. The van der Waals surface area contributed by atoms with Crippen molar-refractivity contribution in [1.82, 2.24) is 0 Å². The summed E-state index contributed by atoms with van der Waals surface area (Å²) in [7, 11) is 0. The quantitative estimate of drug-likeness (QED) is 0.836. The lowest BCUT2D eigenvalue weighted by molar-refractivity contribution is -0.149. The fourth-order valence-electron chi connectivity index (χ4n) is 2.31. The van der Waals surface area contributed by atoms with E-state index in [1.807, 2.05) is 13.8 Å². The highest BCUT2D eigenvalue weighted by molar-refractivity contribution is 5.75. The Morgan fingerprint density at radius 2 is 2.05 bits per heavy atom. The Labute approximate surface area is 111 Å². The van der Waals surface area contributed by atoms with E-state index < -0.39 is 23.0 Å². The number of carboxylic acid groups (broad SMARTS) is 1. The van der Waals surface area contributed by atoms with Crippen LogP contribution in [0, 0.1) is 23.0 Å². The van der Waals surface area contributed by atoms with Gasteiger partial charge in [0.15, 0.2) is 11.6 Å². The molecule has 1 rings (SSSR count). The molecule has 1 aromatic rings. The van der Waals surface area contributed by atoms with E-state index in [1.54, 1.807) is 0 Å². The molecule has 0 spiro atoms. The molecule has 0 saturated carbocycles. The van der Waals surface area contributed by atoms with Crippen LogP contribution in [-0.2, 0) is 11.2 Å². The highest BCUT2D eigenvalue weighted by Crippen LogP contribution is 2.31. The van der Waals surface area contributed by atoms with Crippen molar-refractivity contribution in [2.24, 2.45) is 17.1 Å². The summed E-state index contributed by atoms with van der Waals surface area (Å²) in [5.41, 5.74) is 4.38. The van der Waals surface area contributed by atoms with Gasteiger partial charge in [-0.15, -0.1) is 0 Å². The maximum atomic E-state index is 13.7. The number of halogens is 2. The van der Waals surface area contributed by atoms with Crippen LogP contribution in [0.15, 0.2) is 18.2 Å². The molecule has 0 fully saturated rings. The number of aliphatic carboxylic acids is 1. The molecule has 0 amide bonds. The molecule has 3 nitrogen and oxygen atoms in total. The number of carbonyl (C=O) groups is 1. The number of hydrogen-bond donors (Lipinski definition) is 2. The molecule has 19 heavy (non-hydrogen) atoms. The molecule has 1 aromatic carbocycles. The van der Waals surface area contributed by atoms with E-state index >= 15 is 0 Å². The van der Waals surface area contributed by atoms with E-state index in [4.69, 9.17) is 5.73 Å². The molecule has 5 heteroatoms. The van der Waals surface area contributed by atoms with Crippen molar-refractivity contribution >= 4 is 5.97 Å². The van der Waals surface area contributed by atoms with Gasteiger partial charge < -0.3 is 10.8 Å². The first-order valence-corrected chi connectivity index (χ1v) is 6.19. The van der Waals surface area contributed by atoms with Crippen molar-refractivity contribution in [2.45, 2.75) is 26.7 Å². The topological polar surface area (TPSA) is 63.3 Å². The Kier molecular flexibility index (Phi) is 5.00. The summed E-state index contributed by atoms with van der Waals surface area (Å²) in [4.78, 5) is 11.5. The Bertz CT molecular complexity index is 463. The Morgan fingerprint density at radius 1 is 1.42 bits per heavy atom. The van der Waals surface area contributed by atoms with Crippen LogP contribution in [-0.4, -0.2) is 17.6 Å². The molecular formula is C14H19F2NO2. The standard InChI is InChI=1S/C14H19F2NO2/c1-9(2)6-14(8-17,13(18)19)7-10-4-3-5-11(15)12(10)16/h3-5,9H,6-8,17H2,1-2H3,(H,18,19). The summed E-state index contributed by atoms with van der Waals surface area (Å²) in [6.07, 6.45) is 0.204. The fourth-order valence-corrected chi connectivity index (χ4v) is 2.31. The van der Waals surface area contributed by atoms with E-state index in [9.17, 15) is 18.7 Å². The summed E-state index contributed by atoms with van der Waals surface area (Å²) < 4.78 is 26.8. The van der Waals surface area contributed by atoms with Crippen LogP contribution in [0.25, 0.3) is 0 Å². The summed E-state index contributed by atoms with van der Waals surface area (Å²) in [6.45, 7) is 3.63. The third-order valence-corrected chi connectivity index (χ3v) is 3.20. The zero-order valence-electron chi connectivity index (χ0n) is 11.1. The van der Waals surface area contributed by atoms with Crippen LogP contribution in [0.3, 0.4) is 0 Å². The minimum atomic E-state index is -1.26. The number of carboxylic acids is 1. The number of hydrogen-bond acceptors (Lipinski definition) is 2. The van der Waals surface area contributed by atoms with Crippen LogP contribution in [0.4, 0.5) is 8.78 Å². The third-order valence-electron chi connectivity index (χ3n) is 3.20. The van der Waals surface area contributed by atoms with E-state index in [0.29, 0.717) is 6.42 Å². The lowest BCUT2D eigenvalue weighted by atomic mass is 9.75. The van der Waals surface area contributed by atoms with Crippen LogP contribution in [0.2, 0.25) is 0 Å². The van der Waals surface area contributed by atoms with Gasteiger partial charge in [-0.1, -0.05) is 26.0 Å². The minimum absolute atomic E-state index is 0.0495. The Morgan fingerprint density at radius 3 is 2.53 bits per heavy atom. The zero-order valence-corrected chi connectivity index (χ0v) is 11.1. The molecule has 0 aliphatic rings. The highest BCUT2D eigenvalue weighted by Gasteiger charge is 2.38. The second-order valence-electron chi connectivity index (χ2n) is 5.28. The molecule has 106 valence electrons. The van der Waals surface area contributed by atoms with Gasteiger partial charge in [-0.25, -0.2) is 8.78 Å². The van der Waals surface area contributed by atoms with Crippen molar-refractivity contribution in [3.63, 3.8) is 0 Å². The van der Waals surface area contributed by atoms with Crippen LogP contribution >= 0.6 is 0 Å². The molecule has 1 unspecified atom stereocenters. The van der Waals surface area contributed by atoms with Gasteiger partial charge in [0.1, 0.15) is 0 Å². The van der Waals surface area contributed by atoms with E-state index in [-0.39, 0.29) is 24.4 Å². The normalized spacial score (nSPS) is 14.4. The van der Waals surface area contributed by atoms with Gasteiger partial charge in [-0.2, -0.15) is 0 Å². The van der Waals surface area contributed by atoms with Gasteiger partial charge in [-0.05, 0) is 30.4 Å². The van der Waals surface area contributed by atoms with Crippen molar-refractivity contribution < 1.29 is 18.7 Å². The molecule has 0 heterocycles. The molecule has 1 atom stereocenters. The SMILES string of the molecule is CC(C)CC(CN)(Cc1cccc(F)c1F)C(=O)O. The van der Waals surface area contributed by atoms with E-state index in [0.717, 1.165) is 6.07 Å². The first kappa shape index (κ1) is 15.6. The van der Waals surface area contributed by atoms with E-state index in [1.165, 1.54) is 12.1 Å². The zero-order chi connectivity index (χ0) is 14.6. The summed E-state index contributed by atoms with van der Waals surface area (Å²) >= 11 is 0. The van der Waals surface area contributed by atoms with Crippen molar-refractivity contribution in [3.05, 3.63) is 35.4 Å². The first-order chi connectivity index (χ1) is 8.82. The van der Waals surface area contributed by atoms with Crippen molar-refractivity contribution in [2.75, 3.05) is 6.54 Å². The van der Waals surface area contributed by atoms with Crippen LogP contribution in [0.5, 0.6) is 0 Å². The van der Waals surface area contributed by atoms with Gasteiger partial charge in [0.05, 0.1) is 5.41 Å². The van der Waals surface area contributed by atoms with Crippen LogP contribution < -0.4 is 5.73 Å². The lowest BCUT2D eigenvalue weighted by Gasteiger charge is -2.30. The van der Waals surface area contributed by atoms with Crippen LogP contribution in [0.1, 0.15) is 25.8 Å². The molecule has 0 aliphatic heterocycles.